The Morgan fingerprint density at radius 3 is 2.75 bits per heavy atom. The first-order valence-corrected chi connectivity index (χ1v) is 6.19. The monoisotopic (exact) mass is 260 g/mol. The van der Waals surface area contributed by atoms with E-state index in [1.54, 1.807) is 12.1 Å². The van der Waals surface area contributed by atoms with Gasteiger partial charge in [-0.1, -0.05) is 28.8 Å². The Hall–Kier alpha value is -1.27. The Morgan fingerprint density at radius 2 is 2.12 bits per heavy atom. The summed E-state index contributed by atoms with van der Waals surface area (Å²) >= 11 is 5.75. The molecule has 0 saturated carbocycles. The van der Waals surface area contributed by atoms with Crippen LogP contribution in [0, 0.1) is 0 Å². The summed E-state index contributed by atoms with van der Waals surface area (Å²) in [6, 6.07) is 6.11. The smallest absolute Gasteiger partial charge is 0.211 e. The van der Waals surface area contributed by atoms with Crippen LogP contribution in [0.5, 0.6) is 0 Å². The van der Waals surface area contributed by atoms with E-state index in [4.69, 9.17) is 17.1 Å². The SMILES string of the molecule is [N-]=[N+]=NCCNS(=O)(=O)c1ccccc1Cl. The molecular formula is C8H9ClN4O2S. The zero-order valence-electron chi connectivity index (χ0n) is 8.17. The van der Waals surface area contributed by atoms with Crippen LogP contribution in [-0.4, -0.2) is 21.5 Å². The Bertz CT molecular complexity index is 511. The molecule has 6 nitrogen and oxygen atoms in total. The van der Waals surface area contributed by atoms with E-state index in [0.717, 1.165) is 0 Å². The van der Waals surface area contributed by atoms with Crippen LogP contribution < -0.4 is 4.72 Å². The predicted molar refractivity (Wildman–Crippen MR) is 60.7 cm³/mol. The maximum atomic E-state index is 11.7. The lowest BCUT2D eigenvalue weighted by molar-refractivity contribution is 0.582. The van der Waals surface area contributed by atoms with Gasteiger partial charge in [0.25, 0.3) is 0 Å². The minimum absolute atomic E-state index is 0.0117. The zero-order chi connectivity index (χ0) is 12.0. The fourth-order valence-corrected chi connectivity index (χ4v) is 2.55. The number of sulfonamides is 1. The van der Waals surface area contributed by atoms with Gasteiger partial charge in [-0.25, -0.2) is 13.1 Å². The third-order valence-electron chi connectivity index (χ3n) is 1.69. The molecule has 0 fully saturated rings. The quantitative estimate of drug-likeness (QED) is 0.379. The van der Waals surface area contributed by atoms with Crippen molar-refractivity contribution >= 4 is 21.6 Å². The summed E-state index contributed by atoms with van der Waals surface area (Å²) in [6.45, 7) is 0.0950. The van der Waals surface area contributed by atoms with E-state index in [9.17, 15) is 8.42 Å². The number of benzene rings is 1. The summed E-state index contributed by atoms with van der Waals surface area (Å²) in [5.41, 5.74) is 8.02. The molecule has 1 N–H and O–H groups in total. The van der Waals surface area contributed by atoms with Crippen molar-refractivity contribution in [2.45, 2.75) is 4.90 Å². The second-order valence-electron chi connectivity index (χ2n) is 2.78. The van der Waals surface area contributed by atoms with Crippen LogP contribution >= 0.6 is 11.6 Å². The fraction of sp³-hybridized carbons (Fsp3) is 0.250. The maximum absolute atomic E-state index is 11.7. The standard InChI is InChI=1S/C8H9ClN4O2S/c9-7-3-1-2-4-8(7)16(14,15)12-6-5-11-13-10/h1-4,12H,5-6H2. The lowest BCUT2D eigenvalue weighted by atomic mass is 10.4. The summed E-state index contributed by atoms with van der Waals surface area (Å²) in [6.07, 6.45) is 0. The Balaban J connectivity index is 2.79. The lowest BCUT2D eigenvalue weighted by Crippen LogP contribution is -2.26. The van der Waals surface area contributed by atoms with Crippen LogP contribution in [0.3, 0.4) is 0 Å². The van der Waals surface area contributed by atoms with Gasteiger partial charge in [0.15, 0.2) is 0 Å². The van der Waals surface area contributed by atoms with Crippen LogP contribution in [-0.2, 0) is 10.0 Å². The highest BCUT2D eigenvalue weighted by atomic mass is 35.5. The Kier molecular flexibility index (Phi) is 4.57. The highest BCUT2D eigenvalue weighted by molar-refractivity contribution is 7.89. The minimum atomic E-state index is -3.64. The van der Waals surface area contributed by atoms with E-state index in [-0.39, 0.29) is 23.0 Å². The third kappa shape index (κ3) is 3.39. The van der Waals surface area contributed by atoms with Gasteiger partial charge in [-0.05, 0) is 17.7 Å². The second kappa shape index (κ2) is 5.72. The van der Waals surface area contributed by atoms with Crippen LogP contribution in [0.4, 0.5) is 0 Å². The maximum Gasteiger partial charge on any atom is 0.242 e. The van der Waals surface area contributed by atoms with Crippen molar-refractivity contribution in [2.24, 2.45) is 5.11 Å². The molecule has 86 valence electrons. The predicted octanol–water partition coefficient (Wildman–Crippen LogP) is 1.93. The second-order valence-corrected chi connectivity index (χ2v) is 4.93. The molecule has 0 radical (unpaired) electrons. The summed E-state index contributed by atoms with van der Waals surface area (Å²) in [7, 11) is -3.64. The molecule has 0 amide bonds. The summed E-state index contributed by atoms with van der Waals surface area (Å²) in [5.74, 6) is 0. The average Bonchev–Trinajstić information content (AvgIpc) is 2.25. The van der Waals surface area contributed by atoms with E-state index in [0.29, 0.717) is 0 Å². The number of rotatable bonds is 5. The lowest BCUT2D eigenvalue weighted by Gasteiger charge is -2.06. The van der Waals surface area contributed by atoms with Crippen LogP contribution in [0.15, 0.2) is 34.3 Å². The van der Waals surface area contributed by atoms with Gasteiger partial charge in [0.2, 0.25) is 10.0 Å². The molecule has 0 aliphatic heterocycles. The molecule has 0 atom stereocenters. The van der Waals surface area contributed by atoms with Gasteiger partial charge in [0.05, 0.1) is 5.02 Å². The molecule has 0 bridgehead atoms. The average molecular weight is 261 g/mol. The van der Waals surface area contributed by atoms with Gasteiger partial charge in [-0.15, -0.1) is 0 Å². The van der Waals surface area contributed by atoms with Gasteiger partial charge >= 0.3 is 0 Å². The number of nitrogens with one attached hydrogen (secondary N) is 1. The first-order valence-electron chi connectivity index (χ1n) is 4.33. The number of nitrogens with zero attached hydrogens (tertiary/aromatic N) is 3. The molecule has 0 spiro atoms. The zero-order valence-corrected chi connectivity index (χ0v) is 9.74. The molecular weight excluding hydrogens is 252 g/mol. The van der Waals surface area contributed by atoms with Crippen molar-refractivity contribution in [1.29, 1.82) is 0 Å². The molecule has 1 aromatic carbocycles. The van der Waals surface area contributed by atoms with Gasteiger partial charge in [0.1, 0.15) is 4.90 Å². The number of hydrogen-bond acceptors (Lipinski definition) is 3. The number of halogens is 1. The van der Waals surface area contributed by atoms with E-state index in [2.05, 4.69) is 14.7 Å². The van der Waals surface area contributed by atoms with E-state index in [1.807, 2.05) is 0 Å². The van der Waals surface area contributed by atoms with Crippen molar-refractivity contribution in [2.75, 3.05) is 13.1 Å². The van der Waals surface area contributed by atoms with Crippen LogP contribution in [0.2, 0.25) is 5.02 Å². The molecule has 1 rings (SSSR count). The van der Waals surface area contributed by atoms with Gasteiger partial charge in [-0.2, -0.15) is 0 Å². The molecule has 0 heterocycles. The van der Waals surface area contributed by atoms with Crippen molar-refractivity contribution in [3.63, 3.8) is 0 Å². The number of azide groups is 1. The van der Waals surface area contributed by atoms with Gasteiger partial charge < -0.3 is 0 Å². The molecule has 0 aromatic heterocycles. The van der Waals surface area contributed by atoms with Crippen molar-refractivity contribution in [3.05, 3.63) is 39.7 Å². The van der Waals surface area contributed by atoms with Gasteiger partial charge in [-0.3, -0.25) is 0 Å². The van der Waals surface area contributed by atoms with Crippen molar-refractivity contribution < 1.29 is 8.42 Å². The Morgan fingerprint density at radius 1 is 1.44 bits per heavy atom. The van der Waals surface area contributed by atoms with E-state index >= 15 is 0 Å². The van der Waals surface area contributed by atoms with Crippen LogP contribution in [0.1, 0.15) is 0 Å². The summed E-state index contributed by atoms with van der Waals surface area (Å²) < 4.78 is 25.6. The first kappa shape index (κ1) is 12.8. The topological polar surface area (TPSA) is 94.9 Å². The molecule has 8 heteroatoms. The Labute approximate surface area is 97.9 Å². The third-order valence-corrected chi connectivity index (χ3v) is 3.65. The first-order chi connectivity index (χ1) is 7.58. The molecule has 0 unspecified atom stereocenters. The normalized spacial score (nSPS) is 10.8. The van der Waals surface area contributed by atoms with Crippen LogP contribution in [0.25, 0.3) is 10.4 Å². The molecule has 1 aromatic rings. The summed E-state index contributed by atoms with van der Waals surface area (Å²) in [5, 5.41) is 3.36. The van der Waals surface area contributed by atoms with Crippen molar-refractivity contribution in [1.82, 2.24) is 4.72 Å². The van der Waals surface area contributed by atoms with E-state index < -0.39 is 10.0 Å². The van der Waals surface area contributed by atoms with E-state index in [1.165, 1.54) is 12.1 Å². The largest absolute Gasteiger partial charge is 0.242 e. The fourth-order valence-electron chi connectivity index (χ4n) is 1.02. The number of hydrogen-bond donors (Lipinski definition) is 1. The molecule has 0 saturated heterocycles. The summed E-state index contributed by atoms with van der Waals surface area (Å²) in [4.78, 5) is 2.52. The van der Waals surface area contributed by atoms with Crippen molar-refractivity contribution in [3.8, 4) is 0 Å². The molecule has 0 aliphatic carbocycles. The highest BCUT2D eigenvalue weighted by Crippen LogP contribution is 2.19. The molecule has 0 aliphatic rings. The highest BCUT2D eigenvalue weighted by Gasteiger charge is 2.15. The molecule has 16 heavy (non-hydrogen) atoms. The van der Waals surface area contributed by atoms with Gasteiger partial charge in [0, 0.05) is 18.0 Å². The minimum Gasteiger partial charge on any atom is -0.211 e.